The second-order valence-electron chi connectivity index (χ2n) is 3.86. The van der Waals surface area contributed by atoms with Gasteiger partial charge in [0.2, 0.25) is 5.91 Å². The standard InChI is InChI=1S/C12H13NO3/c14-11-6-1-2-7-13(11)10-5-3-4-9(8-10)12(15)16/h3-5,8H,1-2,6-7H2,(H,15,16). The zero-order valence-corrected chi connectivity index (χ0v) is 8.85. The third-order valence-electron chi connectivity index (χ3n) is 2.73. The van der Waals surface area contributed by atoms with E-state index in [-0.39, 0.29) is 11.5 Å². The summed E-state index contributed by atoms with van der Waals surface area (Å²) < 4.78 is 0. The van der Waals surface area contributed by atoms with E-state index in [1.54, 1.807) is 23.1 Å². The number of benzene rings is 1. The fourth-order valence-electron chi connectivity index (χ4n) is 1.89. The third kappa shape index (κ3) is 2.05. The van der Waals surface area contributed by atoms with Crippen molar-refractivity contribution in [3.8, 4) is 0 Å². The number of carbonyl (C=O) groups is 2. The summed E-state index contributed by atoms with van der Waals surface area (Å²) in [6, 6.07) is 6.52. The molecule has 0 aromatic heterocycles. The first-order valence-electron chi connectivity index (χ1n) is 5.32. The molecule has 16 heavy (non-hydrogen) atoms. The van der Waals surface area contributed by atoms with Gasteiger partial charge in [-0.2, -0.15) is 0 Å². The number of carbonyl (C=O) groups excluding carboxylic acids is 1. The Balaban J connectivity index is 2.28. The van der Waals surface area contributed by atoms with Gasteiger partial charge in [0, 0.05) is 18.7 Å². The number of hydrogen-bond acceptors (Lipinski definition) is 2. The SMILES string of the molecule is O=C(O)c1cccc(N2CCCCC2=O)c1. The minimum Gasteiger partial charge on any atom is -0.478 e. The molecule has 84 valence electrons. The van der Waals surface area contributed by atoms with E-state index in [1.807, 2.05) is 0 Å². The topological polar surface area (TPSA) is 57.6 Å². The van der Waals surface area contributed by atoms with Crippen molar-refractivity contribution in [1.82, 2.24) is 0 Å². The quantitative estimate of drug-likeness (QED) is 0.826. The Hall–Kier alpha value is -1.84. The van der Waals surface area contributed by atoms with E-state index in [4.69, 9.17) is 5.11 Å². The molecule has 1 saturated heterocycles. The molecule has 0 radical (unpaired) electrons. The van der Waals surface area contributed by atoms with Crippen LogP contribution in [0.2, 0.25) is 0 Å². The molecule has 1 N–H and O–H groups in total. The van der Waals surface area contributed by atoms with Crippen molar-refractivity contribution in [3.05, 3.63) is 29.8 Å². The van der Waals surface area contributed by atoms with Crippen molar-refractivity contribution in [2.24, 2.45) is 0 Å². The number of nitrogens with zero attached hydrogens (tertiary/aromatic N) is 1. The van der Waals surface area contributed by atoms with Crippen molar-refractivity contribution in [3.63, 3.8) is 0 Å². The Morgan fingerprint density at radius 2 is 2.12 bits per heavy atom. The van der Waals surface area contributed by atoms with Gasteiger partial charge < -0.3 is 10.0 Å². The maximum absolute atomic E-state index is 11.7. The lowest BCUT2D eigenvalue weighted by atomic mass is 10.1. The van der Waals surface area contributed by atoms with Gasteiger partial charge in [0.05, 0.1) is 5.56 Å². The normalized spacial score (nSPS) is 16.2. The van der Waals surface area contributed by atoms with Gasteiger partial charge in [-0.15, -0.1) is 0 Å². The van der Waals surface area contributed by atoms with Crippen molar-refractivity contribution in [1.29, 1.82) is 0 Å². The first-order chi connectivity index (χ1) is 7.68. The average molecular weight is 219 g/mol. The fourth-order valence-corrected chi connectivity index (χ4v) is 1.89. The van der Waals surface area contributed by atoms with Crippen LogP contribution in [-0.4, -0.2) is 23.5 Å². The van der Waals surface area contributed by atoms with Gasteiger partial charge in [0.15, 0.2) is 0 Å². The molecule has 1 aromatic rings. The lowest BCUT2D eigenvalue weighted by molar-refractivity contribution is -0.119. The zero-order chi connectivity index (χ0) is 11.5. The van der Waals surface area contributed by atoms with Crippen LogP contribution in [0.3, 0.4) is 0 Å². The number of rotatable bonds is 2. The molecule has 0 atom stereocenters. The van der Waals surface area contributed by atoms with Crippen LogP contribution in [0.25, 0.3) is 0 Å². The molecular formula is C12H13NO3. The minimum absolute atomic E-state index is 0.0776. The summed E-state index contributed by atoms with van der Waals surface area (Å²) in [4.78, 5) is 24.1. The number of anilines is 1. The molecule has 1 heterocycles. The fraction of sp³-hybridized carbons (Fsp3) is 0.333. The summed E-state index contributed by atoms with van der Waals surface area (Å²) in [7, 11) is 0. The number of aromatic carboxylic acids is 1. The molecule has 0 aliphatic carbocycles. The Morgan fingerprint density at radius 3 is 2.81 bits per heavy atom. The number of carboxylic acid groups (broad SMARTS) is 1. The van der Waals surface area contributed by atoms with Crippen LogP contribution in [0.15, 0.2) is 24.3 Å². The number of piperidine rings is 1. The molecule has 2 rings (SSSR count). The second kappa shape index (κ2) is 4.35. The lowest BCUT2D eigenvalue weighted by Gasteiger charge is -2.26. The number of hydrogen-bond donors (Lipinski definition) is 1. The second-order valence-corrected chi connectivity index (χ2v) is 3.86. The Morgan fingerprint density at radius 1 is 1.31 bits per heavy atom. The van der Waals surface area contributed by atoms with E-state index in [0.717, 1.165) is 12.8 Å². The predicted octanol–water partition coefficient (Wildman–Crippen LogP) is 1.90. The summed E-state index contributed by atoms with van der Waals surface area (Å²) in [5, 5.41) is 8.87. The minimum atomic E-state index is -0.966. The van der Waals surface area contributed by atoms with Crippen molar-refractivity contribution >= 4 is 17.6 Å². The smallest absolute Gasteiger partial charge is 0.335 e. The highest BCUT2D eigenvalue weighted by atomic mass is 16.4. The molecule has 0 bridgehead atoms. The van der Waals surface area contributed by atoms with Crippen LogP contribution < -0.4 is 4.90 Å². The molecule has 1 aliphatic rings. The maximum Gasteiger partial charge on any atom is 0.335 e. The molecule has 0 unspecified atom stereocenters. The summed E-state index contributed by atoms with van der Waals surface area (Å²) in [6.07, 6.45) is 2.45. The lowest BCUT2D eigenvalue weighted by Crippen LogP contribution is -2.35. The molecule has 0 saturated carbocycles. The van der Waals surface area contributed by atoms with E-state index in [2.05, 4.69) is 0 Å². The summed E-state index contributed by atoms with van der Waals surface area (Å²) in [5.74, 6) is -0.889. The summed E-state index contributed by atoms with van der Waals surface area (Å²) in [6.45, 7) is 0.682. The van der Waals surface area contributed by atoms with Gasteiger partial charge in [-0.25, -0.2) is 4.79 Å². The van der Waals surface area contributed by atoms with Crippen LogP contribution >= 0.6 is 0 Å². The van der Waals surface area contributed by atoms with Gasteiger partial charge >= 0.3 is 5.97 Å². The van der Waals surface area contributed by atoms with Crippen LogP contribution in [0.4, 0.5) is 5.69 Å². The van der Waals surface area contributed by atoms with Gasteiger partial charge in [-0.05, 0) is 31.0 Å². The van der Waals surface area contributed by atoms with E-state index >= 15 is 0 Å². The Labute approximate surface area is 93.5 Å². The first-order valence-corrected chi connectivity index (χ1v) is 5.32. The summed E-state index contributed by atoms with van der Waals surface area (Å²) >= 11 is 0. The van der Waals surface area contributed by atoms with Crippen LogP contribution in [0, 0.1) is 0 Å². The van der Waals surface area contributed by atoms with E-state index in [9.17, 15) is 9.59 Å². The highest BCUT2D eigenvalue weighted by Crippen LogP contribution is 2.21. The molecule has 0 spiro atoms. The molecule has 4 heteroatoms. The van der Waals surface area contributed by atoms with Gasteiger partial charge in [-0.3, -0.25) is 4.79 Å². The molecule has 1 aromatic carbocycles. The third-order valence-corrected chi connectivity index (χ3v) is 2.73. The zero-order valence-electron chi connectivity index (χ0n) is 8.85. The van der Waals surface area contributed by atoms with Gasteiger partial charge in [0.1, 0.15) is 0 Å². The van der Waals surface area contributed by atoms with Crippen molar-refractivity contribution < 1.29 is 14.7 Å². The number of amides is 1. The van der Waals surface area contributed by atoms with E-state index in [0.29, 0.717) is 18.7 Å². The van der Waals surface area contributed by atoms with Crippen molar-refractivity contribution in [2.75, 3.05) is 11.4 Å². The molecule has 1 fully saturated rings. The highest BCUT2D eigenvalue weighted by molar-refractivity contribution is 5.96. The Bertz CT molecular complexity index is 428. The van der Waals surface area contributed by atoms with Gasteiger partial charge in [-0.1, -0.05) is 6.07 Å². The maximum atomic E-state index is 11.7. The largest absolute Gasteiger partial charge is 0.478 e. The molecule has 4 nitrogen and oxygen atoms in total. The van der Waals surface area contributed by atoms with Crippen LogP contribution in [0.5, 0.6) is 0 Å². The van der Waals surface area contributed by atoms with E-state index < -0.39 is 5.97 Å². The Kier molecular flexibility index (Phi) is 2.90. The molecular weight excluding hydrogens is 206 g/mol. The number of carboxylic acids is 1. The molecule has 1 amide bonds. The highest BCUT2D eigenvalue weighted by Gasteiger charge is 2.20. The summed E-state index contributed by atoms with van der Waals surface area (Å²) in [5.41, 5.74) is 0.903. The van der Waals surface area contributed by atoms with Gasteiger partial charge in [0.25, 0.3) is 0 Å². The van der Waals surface area contributed by atoms with E-state index in [1.165, 1.54) is 6.07 Å². The first kappa shape index (κ1) is 10.7. The molecule has 1 aliphatic heterocycles. The van der Waals surface area contributed by atoms with Crippen LogP contribution in [-0.2, 0) is 4.79 Å². The average Bonchev–Trinajstić information content (AvgIpc) is 2.30. The van der Waals surface area contributed by atoms with Crippen molar-refractivity contribution in [2.45, 2.75) is 19.3 Å². The monoisotopic (exact) mass is 219 g/mol. The van der Waals surface area contributed by atoms with Crippen LogP contribution in [0.1, 0.15) is 29.6 Å². The predicted molar refractivity (Wildman–Crippen MR) is 59.6 cm³/mol.